The van der Waals surface area contributed by atoms with Crippen LogP contribution in [-0.4, -0.2) is 32.7 Å². The Kier molecular flexibility index (Phi) is 4.90. The smallest absolute Gasteiger partial charge is 0.226 e. The molecule has 22 heavy (non-hydrogen) atoms. The van der Waals surface area contributed by atoms with Crippen LogP contribution in [-0.2, 0) is 13.0 Å². The molecule has 0 spiro atoms. The van der Waals surface area contributed by atoms with E-state index >= 15 is 0 Å². The maximum atomic E-state index is 10.3. The van der Waals surface area contributed by atoms with Crippen molar-refractivity contribution in [1.82, 2.24) is 15.0 Å². The molecular formula is C16H23N3O3. The maximum Gasteiger partial charge on any atom is 0.226 e. The number of aryl methyl sites for hydroxylation is 1. The first-order valence-corrected chi connectivity index (χ1v) is 8.03. The molecule has 0 bridgehead atoms. The highest BCUT2D eigenvalue weighted by Gasteiger charge is 2.29. The molecule has 6 heteroatoms. The summed E-state index contributed by atoms with van der Waals surface area (Å²) in [6.07, 6.45) is 5.76. The van der Waals surface area contributed by atoms with Gasteiger partial charge in [-0.1, -0.05) is 12.1 Å². The van der Waals surface area contributed by atoms with Crippen molar-refractivity contribution in [3.63, 3.8) is 0 Å². The Morgan fingerprint density at radius 2 is 2.41 bits per heavy atom. The molecule has 2 aromatic rings. The minimum Gasteiger partial charge on any atom is -0.467 e. The first kappa shape index (κ1) is 15.2. The number of hydrogen-bond donors (Lipinski definition) is 1. The lowest BCUT2D eigenvalue weighted by Gasteiger charge is -2.24. The van der Waals surface area contributed by atoms with Crippen molar-refractivity contribution >= 4 is 0 Å². The molecule has 1 aliphatic heterocycles. The highest BCUT2D eigenvalue weighted by Crippen LogP contribution is 2.28. The van der Waals surface area contributed by atoms with Crippen molar-refractivity contribution in [2.75, 3.05) is 6.54 Å². The van der Waals surface area contributed by atoms with Crippen LogP contribution in [0, 0.1) is 0 Å². The van der Waals surface area contributed by atoms with Crippen LogP contribution in [0.15, 0.2) is 27.3 Å². The minimum atomic E-state index is -0.554. The van der Waals surface area contributed by atoms with Crippen molar-refractivity contribution in [2.45, 2.75) is 57.7 Å². The quantitative estimate of drug-likeness (QED) is 0.847. The van der Waals surface area contributed by atoms with E-state index in [9.17, 15) is 5.11 Å². The zero-order valence-corrected chi connectivity index (χ0v) is 12.9. The predicted molar refractivity (Wildman–Crippen MR) is 80.0 cm³/mol. The fraction of sp³-hybridized carbons (Fsp3) is 0.625. The Labute approximate surface area is 130 Å². The second-order valence-corrected chi connectivity index (χ2v) is 5.89. The summed E-state index contributed by atoms with van der Waals surface area (Å²) in [5.41, 5.74) is 0. The van der Waals surface area contributed by atoms with Crippen LogP contribution in [0.1, 0.15) is 56.2 Å². The van der Waals surface area contributed by atoms with Crippen molar-refractivity contribution in [3.05, 3.63) is 35.9 Å². The average molecular weight is 305 g/mol. The number of nitrogens with zero attached hydrogens (tertiary/aromatic N) is 3. The standard InChI is InChI=1S/C16H23N3O3/c1-2-5-16-17-15(18-22-16)11-19-8-3-6-12(19)10-13(20)14-7-4-9-21-14/h4,7,9,12-13,20H,2-3,5-6,8,10-11H2,1H3. The van der Waals surface area contributed by atoms with Gasteiger partial charge in [-0.25, -0.2) is 0 Å². The molecule has 6 nitrogen and oxygen atoms in total. The Balaban J connectivity index is 1.58. The molecule has 3 heterocycles. The summed E-state index contributed by atoms with van der Waals surface area (Å²) in [6, 6.07) is 3.95. The van der Waals surface area contributed by atoms with Crippen LogP contribution < -0.4 is 0 Å². The third-order valence-electron chi connectivity index (χ3n) is 4.18. The topological polar surface area (TPSA) is 75.5 Å². The number of hydrogen-bond acceptors (Lipinski definition) is 6. The van der Waals surface area contributed by atoms with Gasteiger partial charge in [0.15, 0.2) is 5.82 Å². The fourth-order valence-electron chi connectivity index (χ4n) is 3.08. The second-order valence-electron chi connectivity index (χ2n) is 5.89. The van der Waals surface area contributed by atoms with E-state index in [1.54, 1.807) is 12.3 Å². The number of aliphatic hydroxyl groups is 1. The summed E-state index contributed by atoms with van der Waals surface area (Å²) in [4.78, 5) is 6.75. The number of aromatic nitrogens is 2. The molecule has 0 radical (unpaired) electrons. The van der Waals surface area contributed by atoms with E-state index in [2.05, 4.69) is 22.0 Å². The molecular weight excluding hydrogens is 282 g/mol. The SMILES string of the molecule is CCCc1nc(CN2CCCC2CC(O)c2ccco2)no1. The third kappa shape index (κ3) is 3.56. The first-order valence-electron chi connectivity index (χ1n) is 8.03. The van der Waals surface area contributed by atoms with Gasteiger partial charge in [0.05, 0.1) is 12.8 Å². The first-order chi connectivity index (χ1) is 10.8. The van der Waals surface area contributed by atoms with Crippen LogP contribution in [0.3, 0.4) is 0 Å². The average Bonchev–Trinajstić information content (AvgIpc) is 3.23. The molecule has 2 aromatic heterocycles. The van der Waals surface area contributed by atoms with Gasteiger partial charge in [0.2, 0.25) is 5.89 Å². The fourth-order valence-corrected chi connectivity index (χ4v) is 3.08. The largest absolute Gasteiger partial charge is 0.467 e. The summed E-state index contributed by atoms with van der Waals surface area (Å²) in [5, 5.41) is 14.3. The van der Waals surface area contributed by atoms with Gasteiger partial charge in [-0.3, -0.25) is 4.90 Å². The summed E-state index contributed by atoms with van der Waals surface area (Å²) >= 11 is 0. The Bertz CT molecular complexity index is 567. The maximum absolute atomic E-state index is 10.3. The highest BCUT2D eigenvalue weighted by atomic mass is 16.5. The van der Waals surface area contributed by atoms with Crippen molar-refractivity contribution in [1.29, 1.82) is 0 Å². The van der Waals surface area contributed by atoms with E-state index in [-0.39, 0.29) is 0 Å². The molecule has 1 aliphatic rings. The summed E-state index contributed by atoms with van der Waals surface area (Å²) in [6.45, 7) is 3.78. The van der Waals surface area contributed by atoms with E-state index in [0.717, 1.165) is 38.1 Å². The van der Waals surface area contributed by atoms with Gasteiger partial charge in [0, 0.05) is 12.5 Å². The van der Waals surface area contributed by atoms with Crippen molar-refractivity contribution in [3.8, 4) is 0 Å². The molecule has 0 aromatic carbocycles. The molecule has 1 fully saturated rings. The zero-order valence-electron chi connectivity index (χ0n) is 12.9. The second kappa shape index (κ2) is 7.07. The molecule has 120 valence electrons. The zero-order chi connectivity index (χ0) is 15.4. The van der Waals surface area contributed by atoms with Crippen LogP contribution in [0.25, 0.3) is 0 Å². The Morgan fingerprint density at radius 3 is 3.18 bits per heavy atom. The van der Waals surface area contributed by atoms with E-state index in [0.29, 0.717) is 30.7 Å². The van der Waals surface area contributed by atoms with Gasteiger partial charge in [0.25, 0.3) is 0 Å². The van der Waals surface area contributed by atoms with Crippen LogP contribution >= 0.6 is 0 Å². The summed E-state index contributed by atoms with van der Waals surface area (Å²) in [5.74, 6) is 2.09. The number of aliphatic hydroxyl groups excluding tert-OH is 1. The highest BCUT2D eigenvalue weighted by molar-refractivity contribution is 5.03. The number of likely N-dealkylation sites (tertiary alicyclic amines) is 1. The van der Waals surface area contributed by atoms with Gasteiger partial charge >= 0.3 is 0 Å². The lowest BCUT2D eigenvalue weighted by molar-refractivity contribution is 0.0984. The van der Waals surface area contributed by atoms with E-state index in [1.165, 1.54) is 0 Å². The van der Waals surface area contributed by atoms with Gasteiger partial charge in [0.1, 0.15) is 11.9 Å². The van der Waals surface area contributed by atoms with E-state index in [4.69, 9.17) is 8.94 Å². The molecule has 1 N–H and O–H groups in total. The van der Waals surface area contributed by atoms with E-state index in [1.807, 2.05) is 6.07 Å². The Morgan fingerprint density at radius 1 is 1.50 bits per heavy atom. The monoisotopic (exact) mass is 305 g/mol. The van der Waals surface area contributed by atoms with Crippen LogP contribution in [0.5, 0.6) is 0 Å². The van der Waals surface area contributed by atoms with Crippen molar-refractivity contribution in [2.24, 2.45) is 0 Å². The molecule has 1 saturated heterocycles. The molecule has 2 unspecified atom stereocenters. The van der Waals surface area contributed by atoms with Crippen molar-refractivity contribution < 1.29 is 14.0 Å². The normalized spacial score (nSPS) is 20.5. The van der Waals surface area contributed by atoms with Gasteiger partial charge in [-0.05, 0) is 44.4 Å². The number of rotatable bonds is 7. The lowest BCUT2D eigenvalue weighted by atomic mass is 10.1. The lowest BCUT2D eigenvalue weighted by Crippen LogP contribution is -2.30. The van der Waals surface area contributed by atoms with E-state index < -0.39 is 6.10 Å². The van der Waals surface area contributed by atoms with Crippen LogP contribution in [0.2, 0.25) is 0 Å². The predicted octanol–water partition coefficient (Wildman–Crippen LogP) is 2.70. The summed E-state index contributed by atoms with van der Waals surface area (Å²) in [7, 11) is 0. The van der Waals surface area contributed by atoms with Crippen LogP contribution in [0.4, 0.5) is 0 Å². The minimum absolute atomic E-state index is 0.327. The molecule has 0 aliphatic carbocycles. The van der Waals surface area contributed by atoms with Gasteiger partial charge in [-0.15, -0.1) is 0 Å². The Hall–Kier alpha value is -1.66. The molecule has 3 rings (SSSR count). The molecule has 2 atom stereocenters. The van der Waals surface area contributed by atoms with Gasteiger partial charge < -0.3 is 14.0 Å². The third-order valence-corrected chi connectivity index (χ3v) is 4.18. The molecule has 0 amide bonds. The van der Waals surface area contributed by atoms with Gasteiger partial charge in [-0.2, -0.15) is 4.98 Å². The molecule has 0 saturated carbocycles. The summed E-state index contributed by atoms with van der Waals surface area (Å²) < 4.78 is 10.5. The number of furan rings is 1.